The summed E-state index contributed by atoms with van der Waals surface area (Å²) in [5.41, 5.74) is 4.24. The van der Waals surface area contributed by atoms with Crippen LogP contribution in [0.25, 0.3) is 0 Å². The lowest BCUT2D eigenvalue weighted by Gasteiger charge is -2.10. The molecule has 5 heteroatoms. The van der Waals surface area contributed by atoms with Crippen molar-refractivity contribution in [2.75, 3.05) is 0 Å². The number of phenolic OH excluding ortho intramolecular Hbond substituents is 2. The minimum absolute atomic E-state index is 0.0326. The molecule has 0 saturated carbocycles. The SMILES string of the molecule is CCCCCCCC(=O)NN=C(c1ccccc1)c1ccc(O)cc1O. The fraction of sp³-hybridized carbons (Fsp3) is 0.333. The first-order chi connectivity index (χ1) is 12.6. The maximum atomic E-state index is 12.1. The van der Waals surface area contributed by atoms with Gasteiger partial charge in [0.15, 0.2) is 0 Å². The summed E-state index contributed by atoms with van der Waals surface area (Å²) < 4.78 is 0. The molecule has 0 fully saturated rings. The van der Waals surface area contributed by atoms with Crippen LogP contribution in [0.5, 0.6) is 11.5 Å². The van der Waals surface area contributed by atoms with Crippen molar-refractivity contribution in [2.24, 2.45) is 5.10 Å². The number of unbranched alkanes of at least 4 members (excludes halogenated alkanes) is 4. The second-order valence-corrected chi connectivity index (χ2v) is 6.23. The number of hydrogen-bond donors (Lipinski definition) is 3. The summed E-state index contributed by atoms with van der Waals surface area (Å²) in [7, 11) is 0. The van der Waals surface area contributed by atoms with Crippen LogP contribution in [0, 0.1) is 0 Å². The average molecular weight is 354 g/mol. The van der Waals surface area contributed by atoms with E-state index in [2.05, 4.69) is 17.5 Å². The number of rotatable bonds is 9. The van der Waals surface area contributed by atoms with Gasteiger partial charge in [0.25, 0.3) is 0 Å². The molecule has 0 bridgehead atoms. The maximum absolute atomic E-state index is 12.1. The molecule has 0 saturated heterocycles. The van der Waals surface area contributed by atoms with Gasteiger partial charge in [0.2, 0.25) is 5.91 Å². The van der Waals surface area contributed by atoms with Crippen LogP contribution in [-0.4, -0.2) is 21.8 Å². The highest BCUT2D eigenvalue weighted by Gasteiger charge is 2.13. The largest absolute Gasteiger partial charge is 0.508 e. The smallest absolute Gasteiger partial charge is 0.240 e. The third kappa shape index (κ3) is 5.92. The fourth-order valence-corrected chi connectivity index (χ4v) is 2.66. The van der Waals surface area contributed by atoms with Crippen LogP contribution in [0.3, 0.4) is 0 Å². The first-order valence-corrected chi connectivity index (χ1v) is 9.06. The molecule has 0 aromatic heterocycles. The Labute approximate surface area is 154 Å². The van der Waals surface area contributed by atoms with Crippen LogP contribution < -0.4 is 5.43 Å². The number of hydrazone groups is 1. The van der Waals surface area contributed by atoms with Crippen molar-refractivity contribution in [1.29, 1.82) is 0 Å². The number of amides is 1. The lowest BCUT2D eigenvalue weighted by atomic mass is 10.0. The molecular weight excluding hydrogens is 328 g/mol. The number of aromatic hydroxyl groups is 2. The predicted molar refractivity (Wildman–Crippen MR) is 103 cm³/mol. The molecule has 0 atom stereocenters. The molecule has 1 amide bonds. The first-order valence-electron chi connectivity index (χ1n) is 9.06. The standard InChI is InChI=1S/C21H26N2O3/c1-2-3-4-5-9-12-20(26)22-23-21(16-10-7-6-8-11-16)18-14-13-17(24)15-19(18)25/h6-8,10-11,13-15,24-25H,2-5,9,12H2,1H3,(H,22,26). The van der Waals surface area contributed by atoms with Gasteiger partial charge in [-0.1, -0.05) is 62.9 Å². The average Bonchev–Trinajstić information content (AvgIpc) is 2.64. The Morgan fingerprint density at radius 2 is 1.73 bits per heavy atom. The van der Waals surface area contributed by atoms with E-state index in [0.29, 0.717) is 17.7 Å². The molecule has 0 heterocycles. The quantitative estimate of drug-likeness (QED) is 0.356. The highest BCUT2D eigenvalue weighted by Crippen LogP contribution is 2.25. The van der Waals surface area contributed by atoms with Gasteiger partial charge in [-0.15, -0.1) is 0 Å². The Balaban J connectivity index is 2.12. The Morgan fingerprint density at radius 3 is 2.42 bits per heavy atom. The molecule has 0 unspecified atom stereocenters. The molecule has 2 rings (SSSR count). The van der Waals surface area contributed by atoms with E-state index in [-0.39, 0.29) is 17.4 Å². The number of nitrogens with one attached hydrogen (secondary N) is 1. The molecule has 0 aliphatic heterocycles. The monoisotopic (exact) mass is 354 g/mol. The summed E-state index contributed by atoms with van der Waals surface area (Å²) in [6.07, 6.45) is 5.81. The summed E-state index contributed by atoms with van der Waals surface area (Å²) in [5, 5.41) is 23.9. The number of hydrogen-bond acceptors (Lipinski definition) is 4. The lowest BCUT2D eigenvalue weighted by molar-refractivity contribution is -0.121. The fourth-order valence-electron chi connectivity index (χ4n) is 2.66. The zero-order valence-electron chi connectivity index (χ0n) is 15.1. The molecule has 3 N–H and O–H groups in total. The Morgan fingerprint density at radius 1 is 1.00 bits per heavy atom. The van der Waals surface area contributed by atoms with Gasteiger partial charge in [-0.25, -0.2) is 5.43 Å². The summed E-state index contributed by atoms with van der Waals surface area (Å²) in [6, 6.07) is 13.6. The topological polar surface area (TPSA) is 81.9 Å². The van der Waals surface area contributed by atoms with E-state index in [1.807, 2.05) is 30.3 Å². The summed E-state index contributed by atoms with van der Waals surface area (Å²) in [6.45, 7) is 2.16. The molecule has 2 aromatic carbocycles. The Hall–Kier alpha value is -2.82. The van der Waals surface area contributed by atoms with Gasteiger partial charge in [-0.05, 0) is 18.6 Å². The third-order valence-corrected chi connectivity index (χ3v) is 4.08. The molecule has 5 nitrogen and oxygen atoms in total. The molecule has 138 valence electrons. The molecule has 0 aliphatic carbocycles. The summed E-state index contributed by atoms with van der Waals surface area (Å²) in [5.74, 6) is -0.274. The van der Waals surface area contributed by atoms with Crippen LogP contribution in [-0.2, 0) is 4.79 Å². The zero-order chi connectivity index (χ0) is 18.8. The van der Waals surface area contributed by atoms with Crippen LogP contribution in [0.1, 0.15) is 56.6 Å². The Kier molecular flexibility index (Phi) is 7.68. The van der Waals surface area contributed by atoms with Crippen LogP contribution in [0.4, 0.5) is 0 Å². The van der Waals surface area contributed by atoms with E-state index in [9.17, 15) is 15.0 Å². The minimum atomic E-state index is -0.145. The second kappa shape index (κ2) is 10.2. The van der Waals surface area contributed by atoms with E-state index in [1.165, 1.54) is 25.0 Å². The normalized spacial score (nSPS) is 11.3. The van der Waals surface area contributed by atoms with Gasteiger partial charge in [0, 0.05) is 23.6 Å². The first kappa shape index (κ1) is 19.5. The van der Waals surface area contributed by atoms with Crippen molar-refractivity contribution in [3.63, 3.8) is 0 Å². The van der Waals surface area contributed by atoms with Gasteiger partial charge in [0.05, 0.1) is 0 Å². The number of phenols is 2. The van der Waals surface area contributed by atoms with Crippen molar-refractivity contribution in [3.05, 3.63) is 59.7 Å². The number of carbonyl (C=O) groups excluding carboxylic acids is 1. The van der Waals surface area contributed by atoms with E-state index in [0.717, 1.165) is 24.8 Å². The van der Waals surface area contributed by atoms with Crippen molar-refractivity contribution < 1.29 is 15.0 Å². The van der Waals surface area contributed by atoms with Crippen molar-refractivity contribution in [1.82, 2.24) is 5.43 Å². The van der Waals surface area contributed by atoms with E-state index >= 15 is 0 Å². The van der Waals surface area contributed by atoms with Crippen LogP contribution in [0.15, 0.2) is 53.6 Å². The van der Waals surface area contributed by atoms with Gasteiger partial charge in [-0.3, -0.25) is 4.79 Å². The van der Waals surface area contributed by atoms with Gasteiger partial charge < -0.3 is 10.2 Å². The number of nitrogens with zero attached hydrogens (tertiary/aromatic N) is 1. The van der Waals surface area contributed by atoms with Gasteiger partial charge in [-0.2, -0.15) is 5.10 Å². The molecule has 2 aromatic rings. The zero-order valence-corrected chi connectivity index (χ0v) is 15.1. The molecule has 0 radical (unpaired) electrons. The highest BCUT2D eigenvalue weighted by molar-refractivity contribution is 6.14. The highest BCUT2D eigenvalue weighted by atomic mass is 16.3. The Bertz CT molecular complexity index is 742. The summed E-state index contributed by atoms with van der Waals surface area (Å²) in [4.78, 5) is 12.1. The van der Waals surface area contributed by atoms with Crippen molar-refractivity contribution in [2.45, 2.75) is 45.4 Å². The molecule has 26 heavy (non-hydrogen) atoms. The van der Waals surface area contributed by atoms with Crippen molar-refractivity contribution in [3.8, 4) is 11.5 Å². The number of carbonyl (C=O) groups is 1. The molecular formula is C21H26N2O3. The summed E-state index contributed by atoms with van der Waals surface area (Å²) >= 11 is 0. The van der Waals surface area contributed by atoms with E-state index in [1.54, 1.807) is 6.07 Å². The lowest BCUT2D eigenvalue weighted by Crippen LogP contribution is -2.20. The van der Waals surface area contributed by atoms with Crippen LogP contribution >= 0.6 is 0 Å². The third-order valence-electron chi connectivity index (χ3n) is 4.08. The second-order valence-electron chi connectivity index (χ2n) is 6.23. The van der Waals surface area contributed by atoms with E-state index < -0.39 is 0 Å². The van der Waals surface area contributed by atoms with Gasteiger partial charge in [0.1, 0.15) is 17.2 Å². The minimum Gasteiger partial charge on any atom is -0.508 e. The molecule has 0 aliphatic rings. The van der Waals surface area contributed by atoms with Crippen LogP contribution in [0.2, 0.25) is 0 Å². The van der Waals surface area contributed by atoms with Crippen molar-refractivity contribution >= 4 is 11.6 Å². The maximum Gasteiger partial charge on any atom is 0.240 e. The molecule has 0 spiro atoms. The number of benzene rings is 2. The van der Waals surface area contributed by atoms with E-state index in [4.69, 9.17) is 0 Å². The predicted octanol–water partition coefficient (Wildman–Crippen LogP) is 4.33. The van der Waals surface area contributed by atoms with Gasteiger partial charge >= 0.3 is 0 Å².